The van der Waals surface area contributed by atoms with Gasteiger partial charge >= 0.3 is 0 Å². The number of hydrogen-bond donors (Lipinski definition) is 1. The van der Waals surface area contributed by atoms with Crippen LogP contribution in [0.25, 0.3) is 0 Å². The molecule has 0 aromatic heterocycles. The average Bonchev–Trinajstić information content (AvgIpc) is 1.86. The highest BCUT2D eigenvalue weighted by Gasteiger charge is 2.27. The van der Waals surface area contributed by atoms with E-state index in [1.807, 2.05) is 0 Å². The smallest absolute Gasteiger partial charge is 0.150 e. The lowest BCUT2D eigenvalue weighted by Gasteiger charge is -2.23. The van der Waals surface area contributed by atoms with E-state index < -0.39 is 15.9 Å². The molecular weight excluding hydrogens is 164 g/mol. The first-order valence-corrected chi connectivity index (χ1v) is 5.82. The van der Waals surface area contributed by atoms with Crippen molar-refractivity contribution in [2.24, 2.45) is 0 Å². The number of aliphatic hydroxyl groups excluding tert-OH is 1. The van der Waals surface area contributed by atoms with E-state index in [1.54, 1.807) is 0 Å². The summed E-state index contributed by atoms with van der Waals surface area (Å²) in [5.74, 6) is 0. The summed E-state index contributed by atoms with van der Waals surface area (Å²) in [6.07, 6.45) is 3.58. The standard InChI is InChI=1S/C7H14O3S/c1-11(9,10)7-4-2-3-6(8)5-7/h6-8H,2-5H2,1H3/t6-,7-/m0/s1. The predicted molar refractivity (Wildman–Crippen MR) is 43.1 cm³/mol. The first-order valence-electron chi connectivity index (χ1n) is 3.87. The summed E-state index contributed by atoms with van der Waals surface area (Å²) < 4.78 is 22.0. The Hall–Kier alpha value is -0.0900. The van der Waals surface area contributed by atoms with Crippen molar-refractivity contribution in [2.45, 2.75) is 37.0 Å². The summed E-state index contributed by atoms with van der Waals surface area (Å²) >= 11 is 0. The van der Waals surface area contributed by atoms with Crippen LogP contribution in [0.1, 0.15) is 25.7 Å². The zero-order valence-corrected chi connectivity index (χ0v) is 7.47. The molecule has 1 N–H and O–H groups in total. The van der Waals surface area contributed by atoms with Crippen molar-refractivity contribution in [1.82, 2.24) is 0 Å². The lowest BCUT2D eigenvalue weighted by Crippen LogP contribution is -2.29. The van der Waals surface area contributed by atoms with Crippen molar-refractivity contribution in [1.29, 1.82) is 0 Å². The fraction of sp³-hybridized carbons (Fsp3) is 1.00. The van der Waals surface area contributed by atoms with Crippen LogP contribution < -0.4 is 0 Å². The zero-order chi connectivity index (χ0) is 8.48. The minimum atomic E-state index is -2.92. The molecule has 0 unspecified atom stereocenters. The van der Waals surface area contributed by atoms with E-state index in [2.05, 4.69) is 0 Å². The van der Waals surface area contributed by atoms with Gasteiger partial charge in [0.15, 0.2) is 0 Å². The summed E-state index contributed by atoms with van der Waals surface area (Å²) in [5.41, 5.74) is 0. The van der Waals surface area contributed by atoms with Crippen LogP contribution in [-0.2, 0) is 9.84 Å². The average molecular weight is 178 g/mol. The molecule has 0 bridgehead atoms. The fourth-order valence-electron chi connectivity index (χ4n) is 1.51. The summed E-state index contributed by atoms with van der Waals surface area (Å²) in [4.78, 5) is 0. The Morgan fingerprint density at radius 2 is 2.00 bits per heavy atom. The van der Waals surface area contributed by atoms with E-state index in [1.165, 1.54) is 6.26 Å². The highest BCUT2D eigenvalue weighted by molar-refractivity contribution is 7.91. The topological polar surface area (TPSA) is 54.4 Å². The van der Waals surface area contributed by atoms with Crippen LogP contribution in [0.15, 0.2) is 0 Å². The monoisotopic (exact) mass is 178 g/mol. The van der Waals surface area contributed by atoms with Gasteiger partial charge in [-0.3, -0.25) is 0 Å². The largest absolute Gasteiger partial charge is 0.393 e. The van der Waals surface area contributed by atoms with Gasteiger partial charge in [0.1, 0.15) is 9.84 Å². The molecule has 0 aliphatic heterocycles. The Balaban J connectivity index is 2.60. The maximum Gasteiger partial charge on any atom is 0.150 e. The van der Waals surface area contributed by atoms with Crippen LogP contribution in [0.5, 0.6) is 0 Å². The first kappa shape index (κ1) is 9.00. The van der Waals surface area contributed by atoms with Crippen LogP contribution >= 0.6 is 0 Å². The van der Waals surface area contributed by atoms with Gasteiger partial charge in [-0.15, -0.1) is 0 Å². The molecular formula is C7H14O3S. The molecule has 0 heterocycles. The quantitative estimate of drug-likeness (QED) is 0.629. The van der Waals surface area contributed by atoms with E-state index in [4.69, 9.17) is 0 Å². The van der Waals surface area contributed by atoms with Crippen molar-refractivity contribution < 1.29 is 13.5 Å². The van der Waals surface area contributed by atoms with Crippen LogP contribution in [0.2, 0.25) is 0 Å². The molecule has 0 amide bonds. The number of sulfone groups is 1. The predicted octanol–water partition coefficient (Wildman–Crippen LogP) is 0.335. The van der Waals surface area contributed by atoms with Gasteiger partial charge in [0.25, 0.3) is 0 Å². The van der Waals surface area contributed by atoms with Gasteiger partial charge in [0.05, 0.1) is 11.4 Å². The maximum absolute atomic E-state index is 11.0. The van der Waals surface area contributed by atoms with Crippen LogP contribution in [-0.4, -0.2) is 31.1 Å². The van der Waals surface area contributed by atoms with Gasteiger partial charge in [-0.1, -0.05) is 0 Å². The molecule has 0 aromatic rings. The molecule has 1 aliphatic rings. The normalized spacial score (nSPS) is 33.6. The van der Waals surface area contributed by atoms with Crippen LogP contribution in [0.4, 0.5) is 0 Å². The highest BCUT2D eigenvalue weighted by Crippen LogP contribution is 2.23. The molecule has 0 radical (unpaired) electrons. The molecule has 4 heteroatoms. The third-order valence-electron chi connectivity index (χ3n) is 2.20. The van der Waals surface area contributed by atoms with Crippen molar-refractivity contribution >= 4 is 9.84 Å². The van der Waals surface area contributed by atoms with Gasteiger partial charge in [0, 0.05) is 6.26 Å². The Morgan fingerprint density at radius 3 is 2.36 bits per heavy atom. The van der Waals surface area contributed by atoms with E-state index in [9.17, 15) is 13.5 Å². The molecule has 0 spiro atoms. The van der Waals surface area contributed by atoms with Gasteiger partial charge in [0.2, 0.25) is 0 Å². The lowest BCUT2D eigenvalue weighted by molar-refractivity contribution is 0.131. The Labute approximate surface area is 67.3 Å². The van der Waals surface area contributed by atoms with Crippen LogP contribution in [0, 0.1) is 0 Å². The summed E-state index contributed by atoms with van der Waals surface area (Å²) in [5, 5.41) is 8.88. The number of hydrogen-bond acceptors (Lipinski definition) is 3. The van der Waals surface area contributed by atoms with Gasteiger partial charge in [-0.2, -0.15) is 0 Å². The van der Waals surface area contributed by atoms with Crippen LogP contribution in [0.3, 0.4) is 0 Å². The summed E-state index contributed by atoms with van der Waals surface area (Å²) in [6.45, 7) is 0. The third kappa shape index (κ3) is 2.45. The van der Waals surface area contributed by atoms with Crippen molar-refractivity contribution in [3.8, 4) is 0 Å². The van der Waals surface area contributed by atoms with Gasteiger partial charge in [-0.25, -0.2) is 8.42 Å². The molecule has 1 saturated carbocycles. The molecule has 2 atom stereocenters. The molecule has 11 heavy (non-hydrogen) atoms. The molecule has 0 saturated heterocycles. The zero-order valence-electron chi connectivity index (χ0n) is 6.66. The molecule has 0 aromatic carbocycles. The van der Waals surface area contributed by atoms with Gasteiger partial charge in [-0.05, 0) is 25.7 Å². The molecule has 66 valence electrons. The Morgan fingerprint density at radius 1 is 1.36 bits per heavy atom. The maximum atomic E-state index is 11.0. The van der Waals surface area contributed by atoms with Crippen molar-refractivity contribution in [3.63, 3.8) is 0 Å². The van der Waals surface area contributed by atoms with Crippen molar-refractivity contribution in [2.75, 3.05) is 6.26 Å². The Kier molecular flexibility index (Phi) is 2.54. The van der Waals surface area contributed by atoms with Crippen molar-refractivity contribution in [3.05, 3.63) is 0 Å². The third-order valence-corrected chi connectivity index (χ3v) is 3.84. The molecule has 3 nitrogen and oxygen atoms in total. The second-order valence-electron chi connectivity index (χ2n) is 3.27. The second-order valence-corrected chi connectivity index (χ2v) is 5.60. The lowest BCUT2D eigenvalue weighted by atomic mass is 9.97. The highest BCUT2D eigenvalue weighted by atomic mass is 32.2. The van der Waals surface area contributed by atoms with Gasteiger partial charge < -0.3 is 5.11 Å². The van der Waals surface area contributed by atoms with E-state index >= 15 is 0 Å². The fourth-order valence-corrected chi connectivity index (χ4v) is 2.68. The Bertz CT molecular complexity index is 220. The number of rotatable bonds is 1. The first-order chi connectivity index (χ1) is 5.00. The number of aliphatic hydroxyl groups is 1. The summed E-state index contributed by atoms with van der Waals surface area (Å²) in [6, 6.07) is 0. The minimum absolute atomic E-state index is 0.300. The van der Waals surface area contributed by atoms with E-state index in [-0.39, 0.29) is 5.25 Å². The molecule has 1 aliphatic carbocycles. The van der Waals surface area contributed by atoms with E-state index in [0.717, 1.165) is 19.3 Å². The minimum Gasteiger partial charge on any atom is -0.393 e. The molecule has 1 fully saturated rings. The SMILES string of the molecule is CS(=O)(=O)[C@H]1CCC[C@H](O)C1. The molecule has 1 rings (SSSR count). The van der Waals surface area contributed by atoms with E-state index in [0.29, 0.717) is 6.42 Å². The second kappa shape index (κ2) is 3.11. The summed E-state index contributed by atoms with van der Waals surface area (Å²) in [7, 11) is -2.92.